The third kappa shape index (κ3) is 3.45. The van der Waals surface area contributed by atoms with Gasteiger partial charge in [0.05, 0.1) is 36.0 Å². The minimum Gasteiger partial charge on any atom is -0.392 e. The second kappa shape index (κ2) is 6.92. The molecule has 0 bridgehead atoms. The second-order valence-corrected chi connectivity index (χ2v) is 6.15. The van der Waals surface area contributed by atoms with Crippen molar-refractivity contribution in [3.63, 3.8) is 0 Å². The van der Waals surface area contributed by atoms with Crippen molar-refractivity contribution in [1.82, 2.24) is 14.9 Å². The highest BCUT2D eigenvalue weighted by molar-refractivity contribution is 5.77. The Bertz CT molecular complexity index is 796. The van der Waals surface area contributed by atoms with Gasteiger partial charge < -0.3 is 15.5 Å². The molecule has 0 radical (unpaired) electrons. The molecule has 3 N–H and O–H groups in total. The predicted octanol–water partition coefficient (Wildman–Crippen LogP) is 0.539. The number of aliphatic hydroxyl groups is 2. The lowest BCUT2D eigenvalue weighted by Gasteiger charge is -2.30. The molecule has 1 aliphatic heterocycles. The molecule has 0 spiro atoms. The van der Waals surface area contributed by atoms with Crippen molar-refractivity contribution in [2.45, 2.75) is 44.1 Å². The third-order valence-electron chi connectivity index (χ3n) is 4.35. The van der Waals surface area contributed by atoms with Crippen LogP contribution in [-0.4, -0.2) is 44.6 Å². The van der Waals surface area contributed by atoms with Crippen LogP contribution in [0.4, 0.5) is 8.78 Å². The number of benzene rings is 1. The lowest BCUT2D eigenvalue weighted by molar-refractivity contribution is 0.0539. The van der Waals surface area contributed by atoms with Gasteiger partial charge in [-0.15, -0.1) is 0 Å². The Kier molecular flexibility index (Phi) is 4.88. The van der Waals surface area contributed by atoms with Gasteiger partial charge in [0.15, 0.2) is 11.6 Å². The summed E-state index contributed by atoms with van der Waals surface area (Å²) in [6, 6.07) is 1.45. The Labute approximate surface area is 136 Å². The van der Waals surface area contributed by atoms with E-state index in [-0.39, 0.29) is 29.9 Å². The Morgan fingerprint density at radius 2 is 2.12 bits per heavy atom. The zero-order valence-corrected chi connectivity index (χ0v) is 13.0. The maximum atomic E-state index is 13.3. The van der Waals surface area contributed by atoms with Crippen LogP contribution in [0.5, 0.6) is 0 Å². The minimum absolute atomic E-state index is 0.0360. The zero-order chi connectivity index (χ0) is 17.3. The molecular formula is C16H19F2N3O3. The molecule has 2 aromatic rings. The maximum absolute atomic E-state index is 13.3. The average Bonchev–Trinajstić information content (AvgIpc) is 2.54. The molecular weight excluding hydrogens is 320 g/mol. The van der Waals surface area contributed by atoms with Gasteiger partial charge in [0.25, 0.3) is 5.56 Å². The molecule has 1 aromatic carbocycles. The number of piperidine rings is 1. The fraction of sp³-hybridized carbons (Fsp3) is 0.500. The van der Waals surface area contributed by atoms with Crippen molar-refractivity contribution < 1.29 is 19.0 Å². The molecule has 3 rings (SSSR count). The van der Waals surface area contributed by atoms with Gasteiger partial charge in [-0.2, -0.15) is 0 Å². The maximum Gasteiger partial charge on any atom is 0.261 e. The number of aliphatic hydroxyl groups excluding tert-OH is 2. The lowest BCUT2D eigenvalue weighted by Crippen LogP contribution is -2.47. The quantitative estimate of drug-likeness (QED) is 0.757. The van der Waals surface area contributed by atoms with Crippen molar-refractivity contribution in [3.8, 4) is 0 Å². The van der Waals surface area contributed by atoms with Crippen molar-refractivity contribution in [2.24, 2.45) is 0 Å². The summed E-state index contributed by atoms with van der Waals surface area (Å²) in [4.78, 5) is 16.3. The van der Waals surface area contributed by atoms with Gasteiger partial charge in [-0.3, -0.25) is 9.36 Å². The predicted molar refractivity (Wildman–Crippen MR) is 83.6 cm³/mol. The zero-order valence-electron chi connectivity index (χ0n) is 13.0. The van der Waals surface area contributed by atoms with Crippen LogP contribution in [0.2, 0.25) is 0 Å². The molecule has 0 unspecified atom stereocenters. The summed E-state index contributed by atoms with van der Waals surface area (Å²) in [6.45, 7) is 0.739. The summed E-state index contributed by atoms with van der Waals surface area (Å²) in [5.74, 6) is -2.18. The van der Waals surface area contributed by atoms with Crippen LogP contribution in [0.15, 0.2) is 23.3 Å². The van der Waals surface area contributed by atoms with Gasteiger partial charge in [-0.25, -0.2) is 13.8 Å². The summed E-state index contributed by atoms with van der Waals surface area (Å²) >= 11 is 0. The first-order valence-electron chi connectivity index (χ1n) is 7.89. The molecule has 0 aliphatic carbocycles. The molecule has 0 amide bonds. The van der Waals surface area contributed by atoms with E-state index in [0.29, 0.717) is 6.42 Å². The van der Waals surface area contributed by atoms with Crippen molar-refractivity contribution >= 4 is 10.9 Å². The van der Waals surface area contributed by atoms with Gasteiger partial charge in [0.2, 0.25) is 0 Å². The summed E-state index contributed by atoms with van der Waals surface area (Å²) in [7, 11) is 0. The molecule has 1 aliphatic rings. The topological polar surface area (TPSA) is 87.4 Å². The van der Waals surface area contributed by atoms with E-state index in [1.54, 1.807) is 0 Å². The molecule has 130 valence electrons. The number of hydrogen-bond acceptors (Lipinski definition) is 5. The van der Waals surface area contributed by atoms with Crippen molar-refractivity contribution in [2.75, 3.05) is 6.54 Å². The number of nitrogens with one attached hydrogen (secondary N) is 1. The van der Waals surface area contributed by atoms with E-state index in [9.17, 15) is 23.8 Å². The van der Waals surface area contributed by atoms with E-state index in [0.717, 1.165) is 25.1 Å². The van der Waals surface area contributed by atoms with Crippen LogP contribution in [0.3, 0.4) is 0 Å². The minimum atomic E-state index is -1.12. The van der Waals surface area contributed by atoms with E-state index in [2.05, 4.69) is 10.3 Å². The first-order chi connectivity index (χ1) is 11.5. The average molecular weight is 339 g/mol. The highest BCUT2D eigenvalue weighted by Crippen LogP contribution is 2.15. The van der Waals surface area contributed by atoms with Crippen LogP contribution in [-0.2, 0) is 6.54 Å². The van der Waals surface area contributed by atoms with Crippen LogP contribution in [0.1, 0.15) is 19.3 Å². The number of halogens is 2. The normalized spacial score (nSPS) is 22.7. The van der Waals surface area contributed by atoms with Gasteiger partial charge in [0.1, 0.15) is 0 Å². The summed E-state index contributed by atoms with van der Waals surface area (Å²) in [6.07, 6.45) is 1.63. The number of aromatic nitrogens is 2. The highest BCUT2D eigenvalue weighted by atomic mass is 19.2. The first-order valence-corrected chi connectivity index (χ1v) is 7.89. The molecule has 3 atom stereocenters. The van der Waals surface area contributed by atoms with Crippen LogP contribution >= 0.6 is 0 Å². The fourth-order valence-electron chi connectivity index (χ4n) is 3.05. The fourth-order valence-corrected chi connectivity index (χ4v) is 3.05. The van der Waals surface area contributed by atoms with Gasteiger partial charge in [-0.05, 0) is 31.9 Å². The standard InChI is InChI=1S/C16H19F2N3O3/c17-11-5-10-13(6-12(11)18)20-8-21(16(10)24)7-9(22)4-14-15(23)2-1-3-19-14/h5-6,8-9,14-15,19,22-23H,1-4,7H2/t9-,14+,15-/m0/s1. The summed E-state index contributed by atoms with van der Waals surface area (Å²) in [5.41, 5.74) is -0.482. The largest absolute Gasteiger partial charge is 0.392 e. The highest BCUT2D eigenvalue weighted by Gasteiger charge is 2.25. The molecule has 0 saturated carbocycles. The second-order valence-electron chi connectivity index (χ2n) is 6.15. The Morgan fingerprint density at radius 3 is 2.88 bits per heavy atom. The first kappa shape index (κ1) is 16.9. The number of fused-ring (bicyclic) bond motifs is 1. The van der Waals surface area contributed by atoms with Gasteiger partial charge in [-0.1, -0.05) is 0 Å². The van der Waals surface area contributed by atoms with Gasteiger partial charge in [0, 0.05) is 12.1 Å². The molecule has 8 heteroatoms. The summed E-state index contributed by atoms with van der Waals surface area (Å²) < 4.78 is 27.7. The number of rotatable bonds is 4. The van der Waals surface area contributed by atoms with E-state index in [4.69, 9.17) is 0 Å². The van der Waals surface area contributed by atoms with Crippen molar-refractivity contribution in [1.29, 1.82) is 0 Å². The smallest absolute Gasteiger partial charge is 0.261 e. The van der Waals surface area contributed by atoms with Crippen LogP contribution in [0.25, 0.3) is 10.9 Å². The molecule has 1 fully saturated rings. The third-order valence-corrected chi connectivity index (χ3v) is 4.35. The Morgan fingerprint density at radius 1 is 1.38 bits per heavy atom. The molecule has 1 aromatic heterocycles. The SMILES string of the molecule is O=c1c2cc(F)c(F)cc2ncn1C[C@@H](O)C[C@H]1NCCC[C@@H]1O. The van der Waals surface area contributed by atoms with E-state index in [1.165, 1.54) is 10.9 Å². The molecule has 1 saturated heterocycles. The molecule has 2 heterocycles. The Balaban J connectivity index is 1.78. The lowest BCUT2D eigenvalue weighted by atomic mass is 9.96. The van der Waals surface area contributed by atoms with Gasteiger partial charge >= 0.3 is 0 Å². The number of hydrogen-bond donors (Lipinski definition) is 3. The Hall–Kier alpha value is -1.90. The van der Waals surface area contributed by atoms with E-state index in [1.807, 2.05) is 0 Å². The van der Waals surface area contributed by atoms with E-state index < -0.39 is 29.4 Å². The van der Waals surface area contributed by atoms with Crippen molar-refractivity contribution in [3.05, 3.63) is 40.4 Å². The molecule has 24 heavy (non-hydrogen) atoms. The van der Waals surface area contributed by atoms with E-state index >= 15 is 0 Å². The van der Waals surface area contributed by atoms with Crippen LogP contribution in [0, 0.1) is 11.6 Å². The summed E-state index contributed by atoms with van der Waals surface area (Å²) in [5, 5.41) is 23.2. The molecule has 6 nitrogen and oxygen atoms in total. The monoisotopic (exact) mass is 339 g/mol. The number of nitrogens with zero attached hydrogens (tertiary/aromatic N) is 2. The van der Waals surface area contributed by atoms with Crippen LogP contribution < -0.4 is 10.9 Å².